The summed E-state index contributed by atoms with van der Waals surface area (Å²) in [7, 11) is 0. The standard InChI is InChI=1S/C13H20N4/c1-4-12-8-13(16-10-15-12)17(7-5-6-14)9-11(2)3/h8,10-11H,4-5,7,9H2,1-3H3. The van der Waals surface area contributed by atoms with Crippen LogP contribution in [0.2, 0.25) is 0 Å². The van der Waals surface area contributed by atoms with E-state index in [1.807, 2.05) is 6.07 Å². The minimum absolute atomic E-state index is 0.526. The molecular formula is C13H20N4. The molecule has 0 aliphatic heterocycles. The molecule has 4 nitrogen and oxygen atoms in total. The Morgan fingerprint density at radius 3 is 2.76 bits per heavy atom. The smallest absolute Gasteiger partial charge is 0.132 e. The molecule has 0 saturated heterocycles. The second-order valence-electron chi connectivity index (χ2n) is 4.47. The largest absolute Gasteiger partial charge is 0.355 e. The molecule has 1 heterocycles. The van der Waals surface area contributed by atoms with Gasteiger partial charge in [-0.05, 0) is 12.3 Å². The lowest BCUT2D eigenvalue weighted by molar-refractivity contribution is 0.607. The first-order valence-electron chi connectivity index (χ1n) is 6.10. The maximum absolute atomic E-state index is 8.69. The average Bonchev–Trinajstić information content (AvgIpc) is 2.34. The van der Waals surface area contributed by atoms with Crippen molar-refractivity contribution in [1.29, 1.82) is 5.26 Å². The molecule has 0 unspecified atom stereocenters. The SMILES string of the molecule is CCc1cc(N(CCC#N)CC(C)C)ncn1. The third-order valence-corrected chi connectivity index (χ3v) is 2.47. The van der Waals surface area contributed by atoms with Crippen LogP contribution >= 0.6 is 0 Å². The predicted octanol–water partition coefficient (Wildman–Crippen LogP) is 2.42. The Morgan fingerprint density at radius 1 is 1.41 bits per heavy atom. The number of aromatic nitrogens is 2. The number of hydrogen-bond acceptors (Lipinski definition) is 4. The van der Waals surface area contributed by atoms with E-state index in [0.717, 1.165) is 31.0 Å². The molecule has 0 fully saturated rings. The van der Waals surface area contributed by atoms with E-state index in [4.69, 9.17) is 5.26 Å². The number of hydrogen-bond donors (Lipinski definition) is 0. The topological polar surface area (TPSA) is 52.8 Å². The van der Waals surface area contributed by atoms with Crippen LogP contribution in [0.25, 0.3) is 0 Å². The summed E-state index contributed by atoms with van der Waals surface area (Å²) in [6.07, 6.45) is 3.04. The molecule has 0 saturated carbocycles. The first-order chi connectivity index (χ1) is 8.17. The lowest BCUT2D eigenvalue weighted by Crippen LogP contribution is -2.29. The highest BCUT2D eigenvalue weighted by Crippen LogP contribution is 2.13. The van der Waals surface area contributed by atoms with Crippen LogP contribution in [0, 0.1) is 17.2 Å². The van der Waals surface area contributed by atoms with Gasteiger partial charge in [-0.3, -0.25) is 0 Å². The number of nitrogens with zero attached hydrogens (tertiary/aromatic N) is 4. The van der Waals surface area contributed by atoms with Gasteiger partial charge in [-0.25, -0.2) is 9.97 Å². The quantitative estimate of drug-likeness (QED) is 0.755. The number of anilines is 1. The van der Waals surface area contributed by atoms with Gasteiger partial charge in [0.05, 0.1) is 12.5 Å². The zero-order valence-electron chi connectivity index (χ0n) is 10.8. The Kier molecular flexibility index (Phi) is 5.41. The summed E-state index contributed by atoms with van der Waals surface area (Å²) in [5, 5.41) is 8.69. The van der Waals surface area contributed by atoms with E-state index >= 15 is 0 Å². The van der Waals surface area contributed by atoms with E-state index in [2.05, 4.69) is 41.7 Å². The van der Waals surface area contributed by atoms with Crippen molar-refractivity contribution in [2.75, 3.05) is 18.0 Å². The van der Waals surface area contributed by atoms with Crippen molar-refractivity contribution in [2.45, 2.75) is 33.6 Å². The Hall–Kier alpha value is -1.63. The van der Waals surface area contributed by atoms with Gasteiger partial charge in [-0.2, -0.15) is 5.26 Å². The van der Waals surface area contributed by atoms with E-state index in [9.17, 15) is 0 Å². The molecule has 1 rings (SSSR count). The van der Waals surface area contributed by atoms with E-state index in [1.165, 1.54) is 0 Å². The van der Waals surface area contributed by atoms with Gasteiger partial charge in [-0.1, -0.05) is 20.8 Å². The molecule has 17 heavy (non-hydrogen) atoms. The van der Waals surface area contributed by atoms with Crippen molar-refractivity contribution in [2.24, 2.45) is 5.92 Å². The maximum atomic E-state index is 8.69. The van der Waals surface area contributed by atoms with Crippen LogP contribution in [0.4, 0.5) is 5.82 Å². The van der Waals surface area contributed by atoms with E-state index in [-0.39, 0.29) is 0 Å². The Balaban J connectivity index is 2.83. The minimum Gasteiger partial charge on any atom is -0.355 e. The lowest BCUT2D eigenvalue weighted by atomic mass is 10.2. The van der Waals surface area contributed by atoms with Gasteiger partial charge in [-0.15, -0.1) is 0 Å². The van der Waals surface area contributed by atoms with Gasteiger partial charge >= 0.3 is 0 Å². The summed E-state index contributed by atoms with van der Waals surface area (Å²) in [4.78, 5) is 10.7. The Labute approximate surface area is 103 Å². The van der Waals surface area contributed by atoms with Gasteiger partial charge in [0.25, 0.3) is 0 Å². The van der Waals surface area contributed by atoms with Crippen molar-refractivity contribution in [3.8, 4) is 6.07 Å². The highest BCUT2D eigenvalue weighted by molar-refractivity contribution is 5.39. The molecule has 0 N–H and O–H groups in total. The van der Waals surface area contributed by atoms with Crippen molar-refractivity contribution in [1.82, 2.24) is 9.97 Å². The molecule has 0 aromatic carbocycles. The second kappa shape index (κ2) is 6.85. The molecular weight excluding hydrogens is 212 g/mol. The first kappa shape index (κ1) is 13.4. The summed E-state index contributed by atoms with van der Waals surface area (Å²) < 4.78 is 0. The predicted molar refractivity (Wildman–Crippen MR) is 68.7 cm³/mol. The van der Waals surface area contributed by atoms with Gasteiger partial charge in [0.15, 0.2) is 0 Å². The summed E-state index contributed by atoms with van der Waals surface area (Å²) in [5.74, 6) is 1.48. The van der Waals surface area contributed by atoms with Crippen molar-refractivity contribution < 1.29 is 0 Å². The van der Waals surface area contributed by atoms with Crippen molar-refractivity contribution in [3.05, 3.63) is 18.1 Å². The molecule has 1 aromatic heterocycles. The fraction of sp³-hybridized carbons (Fsp3) is 0.615. The summed E-state index contributed by atoms with van der Waals surface area (Å²) in [6.45, 7) is 8.06. The highest BCUT2D eigenvalue weighted by atomic mass is 15.2. The monoisotopic (exact) mass is 232 g/mol. The molecule has 0 radical (unpaired) electrons. The van der Waals surface area contributed by atoms with E-state index in [1.54, 1.807) is 6.33 Å². The molecule has 0 bridgehead atoms. The third-order valence-electron chi connectivity index (χ3n) is 2.47. The third kappa shape index (κ3) is 4.39. The Bertz CT molecular complexity index is 381. The second-order valence-corrected chi connectivity index (χ2v) is 4.47. The van der Waals surface area contributed by atoms with Crippen LogP contribution < -0.4 is 4.90 Å². The van der Waals surface area contributed by atoms with Gasteiger partial charge in [0, 0.05) is 24.8 Å². The first-order valence-corrected chi connectivity index (χ1v) is 6.10. The van der Waals surface area contributed by atoms with E-state index < -0.39 is 0 Å². The zero-order chi connectivity index (χ0) is 12.7. The minimum atomic E-state index is 0.526. The number of nitriles is 1. The summed E-state index contributed by atoms with van der Waals surface area (Å²) in [5.41, 5.74) is 1.04. The van der Waals surface area contributed by atoms with Crippen molar-refractivity contribution in [3.63, 3.8) is 0 Å². The molecule has 92 valence electrons. The van der Waals surface area contributed by atoms with Crippen LogP contribution in [0.3, 0.4) is 0 Å². The highest BCUT2D eigenvalue weighted by Gasteiger charge is 2.10. The molecule has 0 spiro atoms. The van der Waals surface area contributed by atoms with Crippen molar-refractivity contribution >= 4 is 5.82 Å². The summed E-state index contributed by atoms with van der Waals surface area (Å²) >= 11 is 0. The van der Waals surface area contributed by atoms with Crippen LogP contribution in [0.15, 0.2) is 12.4 Å². The molecule has 0 atom stereocenters. The van der Waals surface area contributed by atoms with Gasteiger partial charge in [0.1, 0.15) is 12.1 Å². The normalized spacial score (nSPS) is 10.3. The molecule has 0 aliphatic carbocycles. The molecule has 0 aliphatic rings. The summed E-state index contributed by atoms with van der Waals surface area (Å²) in [6, 6.07) is 4.20. The fourth-order valence-corrected chi connectivity index (χ4v) is 1.68. The molecule has 1 aromatic rings. The number of rotatable bonds is 6. The van der Waals surface area contributed by atoms with E-state index in [0.29, 0.717) is 12.3 Å². The van der Waals surface area contributed by atoms with Crippen LogP contribution in [0.5, 0.6) is 0 Å². The van der Waals surface area contributed by atoms with Crippen LogP contribution in [-0.2, 0) is 6.42 Å². The zero-order valence-corrected chi connectivity index (χ0v) is 10.8. The number of aryl methyl sites for hydroxylation is 1. The molecule has 4 heteroatoms. The molecule has 0 amide bonds. The van der Waals surface area contributed by atoms with Gasteiger partial charge in [0.2, 0.25) is 0 Å². The Morgan fingerprint density at radius 2 is 2.18 bits per heavy atom. The average molecular weight is 232 g/mol. The van der Waals surface area contributed by atoms with Crippen LogP contribution in [0.1, 0.15) is 32.9 Å². The van der Waals surface area contributed by atoms with Crippen LogP contribution in [-0.4, -0.2) is 23.1 Å². The van der Waals surface area contributed by atoms with Gasteiger partial charge < -0.3 is 4.90 Å². The fourth-order valence-electron chi connectivity index (χ4n) is 1.68. The lowest BCUT2D eigenvalue weighted by Gasteiger charge is -2.24. The maximum Gasteiger partial charge on any atom is 0.132 e.